The third kappa shape index (κ3) is 5.77. The Morgan fingerprint density at radius 3 is 2.39 bits per heavy atom. The summed E-state index contributed by atoms with van der Waals surface area (Å²) in [6.07, 6.45) is 0. The number of likely N-dealkylation sites (N-methyl/N-ethyl adjacent to an activating group) is 1. The summed E-state index contributed by atoms with van der Waals surface area (Å²) < 4.78 is 45.7. The molecule has 6 nitrogen and oxygen atoms in total. The minimum atomic E-state index is -3.59. The van der Waals surface area contributed by atoms with E-state index in [-0.39, 0.29) is 29.1 Å². The van der Waals surface area contributed by atoms with Crippen molar-refractivity contribution < 1.29 is 22.3 Å². The van der Waals surface area contributed by atoms with Gasteiger partial charge >= 0.3 is 0 Å². The molecule has 2 aromatic rings. The van der Waals surface area contributed by atoms with Crippen molar-refractivity contribution in [2.75, 3.05) is 25.1 Å². The summed E-state index contributed by atoms with van der Waals surface area (Å²) in [5, 5.41) is 0. The summed E-state index contributed by atoms with van der Waals surface area (Å²) in [4.78, 5) is 13.8. The van der Waals surface area contributed by atoms with E-state index in [2.05, 4.69) is 4.72 Å². The Kier molecular flexibility index (Phi) is 7.15. The van der Waals surface area contributed by atoms with Crippen molar-refractivity contribution >= 4 is 21.6 Å². The molecule has 0 aliphatic heterocycles. The first kappa shape index (κ1) is 21.8. The molecule has 0 atom stereocenters. The zero-order valence-corrected chi connectivity index (χ0v) is 17.2. The topological polar surface area (TPSA) is 75.7 Å². The number of carbonyl (C=O) groups is 1. The van der Waals surface area contributed by atoms with Crippen molar-refractivity contribution in [2.24, 2.45) is 5.92 Å². The van der Waals surface area contributed by atoms with Crippen LogP contribution in [-0.4, -0.2) is 34.5 Å². The minimum Gasteiger partial charge on any atom is -0.483 e. The predicted octanol–water partition coefficient (Wildman–Crippen LogP) is 3.11. The van der Waals surface area contributed by atoms with E-state index in [1.54, 1.807) is 14.0 Å². The van der Waals surface area contributed by atoms with Crippen LogP contribution in [0.15, 0.2) is 47.4 Å². The van der Waals surface area contributed by atoms with Gasteiger partial charge in [-0.25, -0.2) is 17.5 Å². The normalized spacial score (nSPS) is 11.5. The molecule has 2 rings (SSSR count). The Labute approximate surface area is 165 Å². The SMILES string of the molecule is Cc1cc(S(=O)(=O)NCC(C)C)ccc1OCC(=O)N(C)c1ccc(F)cc1. The molecule has 152 valence electrons. The predicted molar refractivity (Wildman–Crippen MR) is 107 cm³/mol. The average molecular weight is 408 g/mol. The third-order valence-corrected chi connectivity index (χ3v) is 5.50. The second-order valence-electron chi connectivity index (χ2n) is 6.89. The van der Waals surface area contributed by atoms with Crippen LogP contribution in [0.3, 0.4) is 0 Å². The molecule has 0 heterocycles. The van der Waals surface area contributed by atoms with Gasteiger partial charge in [0.15, 0.2) is 6.61 Å². The van der Waals surface area contributed by atoms with Crippen LogP contribution in [-0.2, 0) is 14.8 Å². The van der Waals surface area contributed by atoms with Crippen molar-refractivity contribution in [2.45, 2.75) is 25.7 Å². The zero-order valence-electron chi connectivity index (χ0n) is 16.4. The van der Waals surface area contributed by atoms with E-state index < -0.39 is 10.0 Å². The van der Waals surface area contributed by atoms with Gasteiger partial charge in [-0.05, 0) is 60.9 Å². The Balaban J connectivity index is 2.03. The summed E-state index contributed by atoms with van der Waals surface area (Å²) in [5.74, 6) is -0.0815. The second kappa shape index (κ2) is 9.16. The number of nitrogens with one attached hydrogen (secondary N) is 1. The van der Waals surface area contributed by atoms with Crippen molar-refractivity contribution in [3.8, 4) is 5.75 Å². The quantitative estimate of drug-likeness (QED) is 0.728. The van der Waals surface area contributed by atoms with Gasteiger partial charge < -0.3 is 9.64 Å². The molecule has 0 bridgehead atoms. The molecule has 0 aliphatic rings. The molecule has 0 aromatic heterocycles. The van der Waals surface area contributed by atoms with E-state index in [0.717, 1.165) is 0 Å². The van der Waals surface area contributed by atoms with Gasteiger partial charge in [0.2, 0.25) is 10.0 Å². The molecule has 0 saturated carbocycles. The zero-order chi connectivity index (χ0) is 20.9. The van der Waals surface area contributed by atoms with Crippen LogP contribution in [0.4, 0.5) is 10.1 Å². The number of carbonyl (C=O) groups excluding carboxylic acids is 1. The Bertz CT molecular complexity index is 928. The van der Waals surface area contributed by atoms with Crippen LogP contribution in [0.25, 0.3) is 0 Å². The van der Waals surface area contributed by atoms with Gasteiger partial charge in [0.25, 0.3) is 5.91 Å². The smallest absolute Gasteiger partial charge is 0.264 e. The molecular formula is C20H25FN2O4S. The van der Waals surface area contributed by atoms with Crippen LogP contribution in [0.1, 0.15) is 19.4 Å². The first-order valence-corrected chi connectivity index (χ1v) is 10.3. The summed E-state index contributed by atoms with van der Waals surface area (Å²) >= 11 is 0. The fourth-order valence-electron chi connectivity index (χ4n) is 2.36. The van der Waals surface area contributed by atoms with Crippen molar-refractivity contribution in [3.05, 3.63) is 53.8 Å². The molecule has 2 aromatic carbocycles. The summed E-state index contributed by atoms with van der Waals surface area (Å²) in [6.45, 7) is 5.68. The van der Waals surface area contributed by atoms with Crippen LogP contribution in [0, 0.1) is 18.7 Å². The first-order valence-electron chi connectivity index (χ1n) is 8.85. The maximum absolute atomic E-state index is 13.0. The Morgan fingerprint density at radius 2 is 1.82 bits per heavy atom. The highest BCUT2D eigenvalue weighted by Crippen LogP contribution is 2.22. The molecular weight excluding hydrogens is 383 g/mol. The van der Waals surface area contributed by atoms with Gasteiger partial charge in [0.1, 0.15) is 11.6 Å². The maximum atomic E-state index is 13.0. The third-order valence-electron chi connectivity index (χ3n) is 4.08. The molecule has 0 fully saturated rings. The highest BCUT2D eigenvalue weighted by atomic mass is 32.2. The van der Waals surface area contributed by atoms with Gasteiger partial charge in [0.05, 0.1) is 4.90 Å². The number of halogens is 1. The number of rotatable bonds is 8. The number of anilines is 1. The Hall–Kier alpha value is -2.45. The molecule has 0 spiro atoms. The summed E-state index contributed by atoms with van der Waals surface area (Å²) in [6, 6.07) is 10.0. The fraction of sp³-hybridized carbons (Fsp3) is 0.350. The van der Waals surface area contributed by atoms with Gasteiger partial charge in [-0.3, -0.25) is 4.79 Å². The number of sulfonamides is 1. The van der Waals surface area contributed by atoms with Crippen LogP contribution >= 0.6 is 0 Å². The molecule has 0 aliphatic carbocycles. The van der Waals surface area contributed by atoms with Gasteiger partial charge in [0, 0.05) is 19.3 Å². The van der Waals surface area contributed by atoms with E-state index in [4.69, 9.17) is 4.74 Å². The lowest BCUT2D eigenvalue weighted by molar-refractivity contribution is -0.120. The molecule has 0 saturated heterocycles. The number of ether oxygens (including phenoxy) is 1. The molecule has 28 heavy (non-hydrogen) atoms. The largest absolute Gasteiger partial charge is 0.483 e. The highest BCUT2D eigenvalue weighted by Gasteiger charge is 2.17. The number of aryl methyl sites for hydroxylation is 1. The lowest BCUT2D eigenvalue weighted by Gasteiger charge is -2.18. The maximum Gasteiger partial charge on any atom is 0.264 e. The van der Waals surface area contributed by atoms with E-state index in [0.29, 0.717) is 23.5 Å². The highest BCUT2D eigenvalue weighted by molar-refractivity contribution is 7.89. The number of hydrogen-bond donors (Lipinski definition) is 1. The van der Waals surface area contributed by atoms with Gasteiger partial charge in [-0.15, -0.1) is 0 Å². The van der Waals surface area contributed by atoms with Crippen molar-refractivity contribution in [3.63, 3.8) is 0 Å². The number of amides is 1. The standard InChI is InChI=1S/C20H25FN2O4S/c1-14(2)12-22-28(25,26)18-9-10-19(15(3)11-18)27-13-20(24)23(4)17-7-5-16(21)6-8-17/h5-11,14,22H,12-13H2,1-4H3. The number of nitrogens with zero attached hydrogens (tertiary/aromatic N) is 1. The van der Waals surface area contributed by atoms with Gasteiger partial charge in [-0.1, -0.05) is 13.8 Å². The van der Waals surface area contributed by atoms with Gasteiger partial charge in [-0.2, -0.15) is 0 Å². The second-order valence-corrected chi connectivity index (χ2v) is 8.66. The van der Waals surface area contributed by atoms with E-state index in [1.165, 1.54) is 47.4 Å². The first-order chi connectivity index (χ1) is 13.1. The van der Waals surface area contributed by atoms with Crippen LogP contribution in [0.5, 0.6) is 5.75 Å². The fourth-order valence-corrected chi connectivity index (χ4v) is 3.65. The summed E-state index contributed by atoms with van der Waals surface area (Å²) in [5.41, 5.74) is 1.15. The van der Waals surface area contributed by atoms with E-state index >= 15 is 0 Å². The lowest BCUT2D eigenvalue weighted by atomic mass is 10.2. The number of benzene rings is 2. The van der Waals surface area contributed by atoms with E-state index in [9.17, 15) is 17.6 Å². The molecule has 1 amide bonds. The van der Waals surface area contributed by atoms with Crippen LogP contribution in [0.2, 0.25) is 0 Å². The van der Waals surface area contributed by atoms with Crippen molar-refractivity contribution in [1.29, 1.82) is 0 Å². The van der Waals surface area contributed by atoms with Crippen LogP contribution < -0.4 is 14.4 Å². The monoisotopic (exact) mass is 408 g/mol. The Morgan fingerprint density at radius 1 is 1.18 bits per heavy atom. The van der Waals surface area contributed by atoms with E-state index in [1.807, 2.05) is 13.8 Å². The molecule has 0 radical (unpaired) electrons. The summed E-state index contributed by atoms with van der Waals surface area (Å²) in [7, 11) is -2.02. The minimum absolute atomic E-state index is 0.146. The molecule has 1 N–H and O–H groups in total. The number of hydrogen-bond acceptors (Lipinski definition) is 4. The molecule has 8 heteroatoms. The molecule has 0 unspecified atom stereocenters. The van der Waals surface area contributed by atoms with Crippen molar-refractivity contribution in [1.82, 2.24) is 4.72 Å². The lowest BCUT2D eigenvalue weighted by Crippen LogP contribution is -2.31. The average Bonchev–Trinajstić information content (AvgIpc) is 2.65.